The van der Waals surface area contributed by atoms with Crippen molar-refractivity contribution >= 4 is 11.9 Å². The fourth-order valence-electron chi connectivity index (χ4n) is 2.72. The van der Waals surface area contributed by atoms with Crippen LogP contribution in [0.15, 0.2) is 24.3 Å². The average molecular weight is 335 g/mol. The first-order valence-electron chi connectivity index (χ1n) is 8.38. The molecule has 24 heavy (non-hydrogen) atoms. The third-order valence-corrected chi connectivity index (χ3v) is 4.03. The van der Waals surface area contributed by atoms with Crippen LogP contribution in [-0.2, 0) is 20.7 Å². The molecule has 2 N–H and O–H groups in total. The lowest BCUT2D eigenvalue weighted by Gasteiger charge is -2.11. The van der Waals surface area contributed by atoms with Gasteiger partial charge in [-0.15, -0.1) is 0 Å². The number of rotatable bonds is 9. The van der Waals surface area contributed by atoms with Crippen molar-refractivity contribution in [3.8, 4) is 5.75 Å². The molecule has 1 heterocycles. The minimum atomic E-state index is -1.00. The number of amides is 1. The first-order chi connectivity index (χ1) is 11.5. The number of carboxylic acids is 1. The van der Waals surface area contributed by atoms with E-state index in [4.69, 9.17) is 14.6 Å². The average Bonchev–Trinajstić information content (AvgIpc) is 2.97. The lowest BCUT2D eigenvalue weighted by atomic mass is 10.1. The van der Waals surface area contributed by atoms with Crippen molar-refractivity contribution in [1.82, 2.24) is 5.32 Å². The Morgan fingerprint density at radius 1 is 1.29 bits per heavy atom. The summed E-state index contributed by atoms with van der Waals surface area (Å²) in [4.78, 5) is 22.3. The van der Waals surface area contributed by atoms with Crippen LogP contribution in [0.3, 0.4) is 0 Å². The Morgan fingerprint density at radius 3 is 2.67 bits per heavy atom. The summed E-state index contributed by atoms with van der Waals surface area (Å²) in [7, 11) is 0. The molecule has 132 valence electrons. The molecule has 0 radical (unpaired) electrons. The fraction of sp³-hybridized carbons (Fsp3) is 0.556. The number of hydrogen-bond donors (Lipinski definition) is 2. The van der Waals surface area contributed by atoms with Gasteiger partial charge in [0, 0.05) is 13.0 Å². The molecule has 0 unspecified atom stereocenters. The maximum atomic E-state index is 11.8. The van der Waals surface area contributed by atoms with E-state index in [0.717, 1.165) is 31.2 Å². The number of aliphatic carboxylic acids is 1. The van der Waals surface area contributed by atoms with E-state index < -0.39 is 5.97 Å². The molecule has 1 amide bonds. The summed E-state index contributed by atoms with van der Waals surface area (Å²) in [6.07, 6.45) is 4.68. The van der Waals surface area contributed by atoms with Crippen molar-refractivity contribution in [2.24, 2.45) is 0 Å². The standard InChI is InChI=1S/C18H25NO5/c1-13-2-5-16(24-13)8-9-17(20)19-11-10-14-3-6-15(7-4-14)23-12-18(21)22/h3-4,6-7,13,16H,2,5,8-12H2,1H3,(H,19,20)(H,21,22)/t13-,16+/m0/s1. The predicted molar refractivity (Wildman–Crippen MR) is 89.1 cm³/mol. The van der Waals surface area contributed by atoms with E-state index in [1.807, 2.05) is 12.1 Å². The van der Waals surface area contributed by atoms with Crippen LogP contribution in [0.2, 0.25) is 0 Å². The zero-order valence-corrected chi connectivity index (χ0v) is 14.0. The number of hydrogen-bond acceptors (Lipinski definition) is 4. The maximum absolute atomic E-state index is 11.8. The number of nitrogens with one attached hydrogen (secondary N) is 1. The van der Waals surface area contributed by atoms with Crippen LogP contribution >= 0.6 is 0 Å². The van der Waals surface area contributed by atoms with E-state index in [2.05, 4.69) is 12.2 Å². The van der Waals surface area contributed by atoms with Crippen molar-refractivity contribution in [2.45, 2.75) is 51.2 Å². The Balaban J connectivity index is 1.60. The first kappa shape index (κ1) is 18.3. The molecule has 1 aliphatic heterocycles. The van der Waals surface area contributed by atoms with Crippen molar-refractivity contribution in [3.05, 3.63) is 29.8 Å². The van der Waals surface area contributed by atoms with Gasteiger partial charge in [0.05, 0.1) is 12.2 Å². The molecule has 6 heteroatoms. The molecular formula is C18H25NO5. The highest BCUT2D eigenvalue weighted by molar-refractivity contribution is 5.75. The Bertz CT molecular complexity index is 543. The molecule has 1 fully saturated rings. The second-order valence-corrected chi connectivity index (χ2v) is 6.11. The van der Waals surface area contributed by atoms with E-state index in [-0.39, 0.29) is 18.6 Å². The minimum Gasteiger partial charge on any atom is -0.482 e. The number of carbonyl (C=O) groups excluding carboxylic acids is 1. The van der Waals surface area contributed by atoms with Crippen molar-refractivity contribution in [2.75, 3.05) is 13.2 Å². The molecule has 1 aliphatic rings. The largest absolute Gasteiger partial charge is 0.482 e. The highest BCUT2D eigenvalue weighted by Gasteiger charge is 2.21. The first-order valence-corrected chi connectivity index (χ1v) is 8.38. The SMILES string of the molecule is C[C@H]1CC[C@H](CCC(=O)NCCc2ccc(OCC(=O)O)cc2)O1. The highest BCUT2D eigenvalue weighted by atomic mass is 16.5. The summed E-state index contributed by atoms with van der Waals surface area (Å²) < 4.78 is 10.8. The summed E-state index contributed by atoms with van der Waals surface area (Å²) in [5.74, 6) is -0.421. The second-order valence-electron chi connectivity index (χ2n) is 6.11. The molecule has 0 aromatic heterocycles. The van der Waals surface area contributed by atoms with Crippen LogP contribution in [0.4, 0.5) is 0 Å². The van der Waals surface area contributed by atoms with Gasteiger partial charge in [-0.25, -0.2) is 4.79 Å². The molecule has 0 aliphatic carbocycles. The van der Waals surface area contributed by atoms with Crippen LogP contribution in [0.1, 0.15) is 38.2 Å². The maximum Gasteiger partial charge on any atom is 0.341 e. The van der Waals surface area contributed by atoms with Gasteiger partial charge in [0.2, 0.25) is 5.91 Å². The van der Waals surface area contributed by atoms with Gasteiger partial charge in [0.25, 0.3) is 0 Å². The quantitative estimate of drug-likeness (QED) is 0.722. The Labute approximate surface area is 142 Å². The molecule has 6 nitrogen and oxygen atoms in total. The summed E-state index contributed by atoms with van der Waals surface area (Å²) >= 11 is 0. The molecular weight excluding hydrogens is 310 g/mol. The molecule has 2 atom stereocenters. The van der Waals surface area contributed by atoms with E-state index in [1.165, 1.54) is 0 Å². The van der Waals surface area contributed by atoms with Crippen LogP contribution < -0.4 is 10.1 Å². The van der Waals surface area contributed by atoms with Gasteiger partial charge >= 0.3 is 5.97 Å². The fourth-order valence-corrected chi connectivity index (χ4v) is 2.72. The molecule has 1 aromatic carbocycles. The molecule has 0 saturated carbocycles. The van der Waals surface area contributed by atoms with E-state index in [0.29, 0.717) is 24.8 Å². The van der Waals surface area contributed by atoms with Gasteiger partial charge in [-0.05, 0) is 50.3 Å². The Morgan fingerprint density at radius 2 is 2.04 bits per heavy atom. The Hall–Kier alpha value is -2.08. The topological polar surface area (TPSA) is 84.9 Å². The summed E-state index contributed by atoms with van der Waals surface area (Å²) in [6.45, 7) is 2.30. The van der Waals surface area contributed by atoms with Crippen LogP contribution in [0, 0.1) is 0 Å². The van der Waals surface area contributed by atoms with Crippen LogP contribution in [-0.4, -0.2) is 42.3 Å². The zero-order chi connectivity index (χ0) is 17.4. The molecule has 1 aromatic rings. The molecule has 0 bridgehead atoms. The van der Waals surface area contributed by atoms with E-state index in [1.54, 1.807) is 12.1 Å². The zero-order valence-electron chi connectivity index (χ0n) is 14.0. The smallest absolute Gasteiger partial charge is 0.341 e. The van der Waals surface area contributed by atoms with Crippen LogP contribution in [0.25, 0.3) is 0 Å². The van der Waals surface area contributed by atoms with Crippen LogP contribution in [0.5, 0.6) is 5.75 Å². The van der Waals surface area contributed by atoms with Gasteiger partial charge in [-0.3, -0.25) is 4.79 Å². The lowest BCUT2D eigenvalue weighted by molar-refractivity contribution is -0.139. The monoisotopic (exact) mass is 335 g/mol. The number of carboxylic acid groups (broad SMARTS) is 1. The lowest BCUT2D eigenvalue weighted by Crippen LogP contribution is -2.26. The third kappa shape index (κ3) is 6.58. The summed E-state index contributed by atoms with van der Waals surface area (Å²) in [6, 6.07) is 7.21. The van der Waals surface area contributed by atoms with Gasteiger partial charge in [0.15, 0.2) is 6.61 Å². The van der Waals surface area contributed by atoms with Crippen molar-refractivity contribution in [3.63, 3.8) is 0 Å². The Kier molecular flexibility index (Phi) is 7.06. The predicted octanol–water partition coefficient (Wildman–Crippen LogP) is 2.16. The normalized spacial score (nSPS) is 19.9. The second kappa shape index (κ2) is 9.27. The summed E-state index contributed by atoms with van der Waals surface area (Å²) in [5, 5.41) is 11.5. The van der Waals surface area contributed by atoms with Gasteiger partial charge in [-0.2, -0.15) is 0 Å². The van der Waals surface area contributed by atoms with E-state index >= 15 is 0 Å². The van der Waals surface area contributed by atoms with Crippen molar-refractivity contribution in [1.29, 1.82) is 0 Å². The van der Waals surface area contributed by atoms with Crippen molar-refractivity contribution < 1.29 is 24.2 Å². The number of ether oxygens (including phenoxy) is 2. The molecule has 1 saturated heterocycles. The summed E-state index contributed by atoms with van der Waals surface area (Å²) in [5.41, 5.74) is 1.06. The third-order valence-electron chi connectivity index (χ3n) is 4.03. The minimum absolute atomic E-state index is 0.0552. The molecule has 0 spiro atoms. The molecule has 2 rings (SSSR count). The number of carbonyl (C=O) groups is 2. The number of benzene rings is 1. The van der Waals surface area contributed by atoms with Gasteiger partial charge in [-0.1, -0.05) is 12.1 Å². The highest BCUT2D eigenvalue weighted by Crippen LogP contribution is 2.22. The van der Waals surface area contributed by atoms with E-state index in [9.17, 15) is 9.59 Å². The van der Waals surface area contributed by atoms with Gasteiger partial charge in [0.1, 0.15) is 5.75 Å². The van der Waals surface area contributed by atoms with Gasteiger partial charge < -0.3 is 19.9 Å².